The van der Waals surface area contributed by atoms with Crippen LogP contribution in [-0.4, -0.2) is 31.2 Å². The molecule has 4 aliphatic carbocycles. The predicted molar refractivity (Wildman–Crippen MR) is 111 cm³/mol. The fourth-order valence-electron chi connectivity index (χ4n) is 5.67. The highest BCUT2D eigenvalue weighted by Crippen LogP contribution is 2.59. The van der Waals surface area contributed by atoms with Gasteiger partial charge in [0.15, 0.2) is 0 Å². The van der Waals surface area contributed by atoms with Gasteiger partial charge in [-0.1, -0.05) is 15.9 Å². The van der Waals surface area contributed by atoms with Gasteiger partial charge in [0.05, 0.1) is 17.4 Å². The number of carbonyl (C=O) groups is 1. The summed E-state index contributed by atoms with van der Waals surface area (Å²) in [5.41, 5.74) is 6.79. The van der Waals surface area contributed by atoms with Gasteiger partial charge in [0.1, 0.15) is 11.6 Å². The molecule has 2 atom stereocenters. The number of pyridine rings is 1. The average molecular weight is 443 g/mol. The van der Waals surface area contributed by atoms with Gasteiger partial charge in [0, 0.05) is 35.0 Å². The molecule has 0 aromatic carbocycles. The maximum absolute atomic E-state index is 12.0. The van der Waals surface area contributed by atoms with Gasteiger partial charge in [-0.2, -0.15) is 0 Å². The zero-order chi connectivity index (χ0) is 19.3. The zero-order valence-corrected chi connectivity index (χ0v) is 17.0. The molecule has 0 saturated heterocycles. The third-order valence-corrected chi connectivity index (χ3v) is 7.48. The van der Waals surface area contributed by atoms with E-state index in [1.54, 1.807) is 18.6 Å². The quantitative estimate of drug-likeness (QED) is 0.612. The summed E-state index contributed by atoms with van der Waals surface area (Å²) in [6, 6.07) is 2.22. The third kappa shape index (κ3) is 3.23. The summed E-state index contributed by atoms with van der Waals surface area (Å²) >= 11 is 4.02. The van der Waals surface area contributed by atoms with Crippen molar-refractivity contribution >= 4 is 39.2 Å². The lowest BCUT2D eigenvalue weighted by Gasteiger charge is -2.58. The maximum Gasteiger partial charge on any atom is 0.252 e. The molecule has 7 nitrogen and oxygen atoms in total. The van der Waals surface area contributed by atoms with Crippen LogP contribution in [-0.2, 0) is 0 Å². The number of hydrogen-bond donors (Lipinski definition) is 3. The number of anilines is 3. The van der Waals surface area contributed by atoms with E-state index in [-0.39, 0.29) is 0 Å². The minimum atomic E-state index is -0.471. The molecule has 2 aromatic rings. The fraction of sp³-hybridized carbons (Fsp3) is 0.500. The Balaban J connectivity index is 1.42. The molecule has 0 spiro atoms. The molecule has 6 rings (SSSR count). The van der Waals surface area contributed by atoms with Crippen LogP contribution < -0.4 is 16.4 Å². The Kier molecular flexibility index (Phi) is 4.26. The van der Waals surface area contributed by atoms with Crippen molar-refractivity contribution < 1.29 is 4.79 Å². The summed E-state index contributed by atoms with van der Waals surface area (Å²) in [6.07, 6.45) is 12.6. The van der Waals surface area contributed by atoms with Gasteiger partial charge >= 0.3 is 0 Å². The number of amides is 1. The van der Waals surface area contributed by atoms with Crippen molar-refractivity contribution in [1.82, 2.24) is 15.0 Å². The van der Waals surface area contributed by atoms with E-state index in [0.717, 1.165) is 11.6 Å². The van der Waals surface area contributed by atoms with Crippen molar-refractivity contribution in [1.29, 1.82) is 0 Å². The lowest BCUT2D eigenvalue weighted by atomic mass is 9.54. The summed E-state index contributed by atoms with van der Waals surface area (Å²) in [7, 11) is 0. The highest BCUT2D eigenvalue weighted by Gasteiger charge is 2.54. The standard InChI is InChI=1S/C20H23BrN6O/c21-20-6-11-3-12(7-20)18(13(4-11)8-20)26-15-5-16(25-9-14(15)19(22)28)27-17-10-23-1-2-24-17/h1-2,5,9-13,18H,3-4,6-8H2,(H2,22,28)(H2,24,25,26,27). The molecule has 0 aliphatic heterocycles. The largest absolute Gasteiger partial charge is 0.381 e. The highest BCUT2D eigenvalue weighted by molar-refractivity contribution is 9.10. The van der Waals surface area contributed by atoms with E-state index in [9.17, 15) is 4.79 Å². The number of nitrogens with zero attached hydrogens (tertiary/aromatic N) is 3. The average Bonchev–Trinajstić information content (AvgIpc) is 2.64. The lowest BCUT2D eigenvalue weighted by molar-refractivity contribution is 0.0280. The van der Waals surface area contributed by atoms with Crippen molar-refractivity contribution in [2.45, 2.75) is 42.5 Å². The topological polar surface area (TPSA) is 106 Å². The molecule has 1 amide bonds. The van der Waals surface area contributed by atoms with Crippen molar-refractivity contribution in [3.8, 4) is 0 Å². The molecule has 8 heteroatoms. The third-order valence-electron chi connectivity index (χ3n) is 6.51. The number of halogens is 1. The minimum absolute atomic E-state index is 0.325. The summed E-state index contributed by atoms with van der Waals surface area (Å²) < 4.78 is 0.325. The van der Waals surface area contributed by atoms with Crippen LogP contribution in [0.15, 0.2) is 30.9 Å². The van der Waals surface area contributed by atoms with Crippen molar-refractivity contribution in [2.75, 3.05) is 10.6 Å². The maximum atomic E-state index is 12.0. The van der Waals surface area contributed by atoms with Gasteiger partial charge in [0.25, 0.3) is 5.91 Å². The van der Waals surface area contributed by atoms with Gasteiger partial charge in [-0.15, -0.1) is 0 Å². The Morgan fingerprint density at radius 2 is 1.89 bits per heavy atom. The number of alkyl halides is 1. The molecule has 4 bridgehead atoms. The molecule has 28 heavy (non-hydrogen) atoms. The highest BCUT2D eigenvalue weighted by atomic mass is 79.9. The summed E-state index contributed by atoms with van der Waals surface area (Å²) in [5, 5.41) is 6.81. The molecule has 4 N–H and O–H groups in total. The van der Waals surface area contributed by atoms with Crippen LogP contribution in [0.3, 0.4) is 0 Å². The number of aromatic nitrogens is 3. The first-order valence-corrected chi connectivity index (χ1v) is 10.6. The number of carbonyl (C=O) groups excluding carboxylic acids is 1. The molecule has 4 fully saturated rings. The Labute approximate surface area is 172 Å². The van der Waals surface area contributed by atoms with Crippen LogP contribution in [0.2, 0.25) is 0 Å². The van der Waals surface area contributed by atoms with Crippen LogP contribution in [0.1, 0.15) is 42.5 Å². The number of nitrogens with one attached hydrogen (secondary N) is 2. The molecular formula is C20H23BrN6O. The number of nitrogens with two attached hydrogens (primary N) is 1. The molecular weight excluding hydrogens is 420 g/mol. The first-order valence-electron chi connectivity index (χ1n) is 9.77. The molecule has 146 valence electrons. The van der Waals surface area contributed by atoms with Crippen LogP contribution in [0.25, 0.3) is 0 Å². The van der Waals surface area contributed by atoms with Gasteiger partial charge in [-0.25, -0.2) is 9.97 Å². The Hall–Kier alpha value is -2.22. The van der Waals surface area contributed by atoms with Gasteiger partial charge in [-0.05, 0) is 49.9 Å². The van der Waals surface area contributed by atoms with Crippen LogP contribution in [0, 0.1) is 17.8 Å². The Morgan fingerprint density at radius 3 is 2.54 bits per heavy atom. The van der Waals surface area contributed by atoms with E-state index in [0.29, 0.717) is 39.4 Å². The Bertz CT molecular complexity index is 891. The second-order valence-electron chi connectivity index (χ2n) is 8.49. The van der Waals surface area contributed by atoms with E-state index >= 15 is 0 Å². The molecule has 2 unspecified atom stereocenters. The molecule has 4 saturated carbocycles. The van der Waals surface area contributed by atoms with Crippen molar-refractivity contribution in [2.24, 2.45) is 23.5 Å². The second kappa shape index (κ2) is 6.69. The molecule has 0 radical (unpaired) electrons. The second-order valence-corrected chi connectivity index (χ2v) is 10.2. The lowest BCUT2D eigenvalue weighted by Crippen LogP contribution is -2.56. The van der Waals surface area contributed by atoms with E-state index in [1.807, 2.05) is 6.07 Å². The van der Waals surface area contributed by atoms with E-state index in [2.05, 4.69) is 41.5 Å². The predicted octanol–water partition coefficient (Wildman–Crippen LogP) is 3.47. The minimum Gasteiger partial charge on any atom is -0.381 e. The summed E-state index contributed by atoms with van der Waals surface area (Å²) in [6.45, 7) is 0. The molecule has 2 heterocycles. The summed E-state index contributed by atoms with van der Waals surface area (Å²) in [4.78, 5) is 24.6. The molecule has 2 aromatic heterocycles. The van der Waals surface area contributed by atoms with Gasteiger partial charge in [0.2, 0.25) is 0 Å². The summed E-state index contributed by atoms with van der Waals surface area (Å²) in [5.74, 6) is 2.81. The van der Waals surface area contributed by atoms with Crippen LogP contribution >= 0.6 is 15.9 Å². The van der Waals surface area contributed by atoms with Crippen LogP contribution in [0.4, 0.5) is 17.3 Å². The van der Waals surface area contributed by atoms with Crippen LogP contribution in [0.5, 0.6) is 0 Å². The fourth-order valence-corrected chi connectivity index (χ4v) is 6.96. The SMILES string of the molecule is NC(=O)c1cnc(Nc2cnccn2)cc1NC1C2CC3CC1CC(Br)(C3)C2. The number of primary amides is 1. The Morgan fingerprint density at radius 1 is 1.11 bits per heavy atom. The van der Waals surface area contributed by atoms with Crippen molar-refractivity contribution in [3.05, 3.63) is 36.4 Å². The van der Waals surface area contributed by atoms with E-state index < -0.39 is 5.91 Å². The van der Waals surface area contributed by atoms with Crippen molar-refractivity contribution in [3.63, 3.8) is 0 Å². The van der Waals surface area contributed by atoms with Gasteiger partial charge < -0.3 is 16.4 Å². The monoisotopic (exact) mass is 442 g/mol. The number of rotatable bonds is 5. The first kappa shape index (κ1) is 17.8. The smallest absolute Gasteiger partial charge is 0.252 e. The molecule has 4 aliphatic rings. The van der Waals surface area contributed by atoms with E-state index in [1.165, 1.54) is 38.3 Å². The van der Waals surface area contributed by atoms with Gasteiger partial charge in [-0.3, -0.25) is 9.78 Å². The van der Waals surface area contributed by atoms with E-state index in [4.69, 9.17) is 5.73 Å². The first-order chi connectivity index (χ1) is 13.5. The number of hydrogen-bond acceptors (Lipinski definition) is 6. The zero-order valence-electron chi connectivity index (χ0n) is 15.4. The normalized spacial score (nSPS) is 32.9.